The lowest BCUT2D eigenvalue weighted by atomic mass is 10.3. The van der Waals surface area contributed by atoms with Gasteiger partial charge in [-0.15, -0.1) is 0 Å². The van der Waals surface area contributed by atoms with Crippen molar-refractivity contribution in [2.45, 2.75) is 18.9 Å². The van der Waals surface area contributed by atoms with Gasteiger partial charge in [0.2, 0.25) is 0 Å². The minimum atomic E-state index is -3.39. The molecule has 0 amide bonds. The molecule has 0 saturated heterocycles. The summed E-state index contributed by atoms with van der Waals surface area (Å²) in [5, 5.41) is 13.8. The van der Waals surface area contributed by atoms with Crippen molar-refractivity contribution in [3.8, 4) is 17.2 Å². The molecule has 0 atom stereocenters. The van der Waals surface area contributed by atoms with Crippen LogP contribution < -0.4 is 10.2 Å². The summed E-state index contributed by atoms with van der Waals surface area (Å²) in [7, 11) is -3.39. The van der Waals surface area contributed by atoms with Crippen molar-refractivity contribution in [3.63, 3.8) is 0 Å². The number of pyridine rings is 1. The number of nitrogens with zero attached hydrogens (tertiary/aromatic N) is 2. The van der Waals surface area contributed by atoms with Crippen molar-refractivity contribution in [1.29, 1.82) is 0 Å². The van der Waals surface area contributed by atoms with Gasteiger partial charge in [0.05, 0.1) is 18.5 Å². The fourth-order valence-electron chi connectivity index (χ4n) is 1.88. The molecular weight excluding hydrogens is 374 g/mol. The van der Waals surface area contributed by atoms with Gasteiger partial charge < -0.3 is 14.6 Å². The Hall–Kier alpha value is -3.14. The van der Waals surface area contributed by atoms with Crippen LogP contribution in [0.4, 0.5) is 5.69 Å². The van der Waals surface area contributed by atoms with Gasteiger partial charge in [-0.3, -0.25) is 5.43 Å². The zero-order chi connectivity index (χ0) is 20.0. The number of aromatic nitrogens is 1. The Morgan fingerprint density at radius 2 is 1.96 bits per heavy atom. The van der Waals surface area contributed by atoms with Gasteiger partial charge in [-0.25, -0.2) is 18.2 Å². The largest absolute Gasteiger partial charge is 0.506 e. The number of aromatic hydroxyl groups is 1. The zero-order valence-corrected chi connectivity index (χ0v) is 15.8. The number of benzene rings is 1. The zero-order valence-electron chi connectivity index (χ0n) is 15.0. The maximum atomic E-state index is 11.5. The molecule has 2 aromatic rings. The van der Waals surface area contributed by atoms with Crippen molar-refractivity contribution >= 4 is 27.2 Å². The van der Waals surface area contributed by atoms with Gasteiger partial charge in [0.25, 0.3) is 0 Å². The molecule has 0 radical (unpaired) electrons. The van der Waals surface area contributed by atoms with E-state index in [-0.39, 0.29) is 28.8 Å². The van der Waals surface area contributed by atoms with Crippen LogP contribution in [0.25, 0.3) is 0 Å². The molecule has 0 aliphatic rings. The van der Waals surface area contributed by atoms with Crippen molar-refractivity contribution in [3.05, 3.63) is 36.5 Å². The van der Waals surface area contributed by atoms with Gasteiger partial charge in [0, 0.05) is 12.3 Å². The third-order valence-corrected chi connectivity index (χ3v) is 4.21. The summed E-state index contributed by atoms with van der Waals surface area (Å²) in [5.74, 6) is -0.111. The number of phenolic OH excluding ortho intramolecular Hbond substituents is 1. The second-order valence-corrected chi connectivity index (χ2v) is 7.38. The molecule has 2 rings (SSSR count). The summed E-state index contributed by atoms with van der Waals surface area (Å²) < 4.78 is 33.1. The van der Waals surface area contributed by atoms with Crippen molar-refractivity contribution in [2.24, 2.45) is 5.10 Å². The number of hydrogen-bond acceptors (Lipinski definition) is 9. The molecule has 0 saturated carbocycles. The van der Waals surface area contributed by atoms with Crippen LogP contribution in [0.1, 0.15) is 13.8 Å². The van der Waals surface area contributed by atoms with E-state index < -0.39 is 15.8 Å². The lowest BCUT2D eigenvalue weighted by Gasteiger charge is -2.09. The molecule has 1 aromatic heterocycles. The van der Waals surface area contributed by atoms with Crippen LogP contribution in [0, 0.1) is 0 Å². The van der Waals surface area contributed by atoms with E-state index in [1.54, 1.807) is 13.0 Å². The van der Waals surface area contributed by atoms with E-state index in [1.807, 2.05) is 0 Å². The molecule has 0 spiro atoms. The van der Waals surface area contributed by atoms with Gasteiger partial charge in [-0.1, -0.05) is 0 Å². The Morgan fingerprint density at radius 1 is 1.26 bits per heavy atom. The van der Waals surface area contributed by atoms with E-state index >= 15 is 0 Å². The van der Waals surface area contributed by atoms with Gasteiger partial charge in [0.15, 0.2) is 14.9 Å². The van der Waals surface area contributed by atoms with Crippen LogP contribution in [-0.2, 0) is 19.4 Å². The third kappa shape index (κ3) is 5.68. The predicted octanol–water partition coefficient (Wildman–Crippen LogP) is 2.33. The summed E-state index contributed by atoms with van der Waals surface area (Å²) in [6.07, 6.45) is 2.33. The van der Waals surface area contributed by atoms with Crippen LogP contribution in [0.2, 0.25) is 0 Å². The average Bonchev–Trinajstić information content (AvgIpc) is 2.60. The maximum absolute atomic E-state index is 11.5. The maximum Gasteiger partial charge on any atom is 0.354 e. The quantitative estimate of drug-likeness (QED) is 0.318. The molecule has 144 valence electrons. The van der Waals surface area contributed by atoms with Crippen LogP contribution >= 0.6 is 0 Å². The second kappa shape index (κ2) is 8.49. The van der Waals surface area contributed by atoms with E-state index in [2.05, 4.69) is 15.5 Å². The number of carbonyl (C=O) groups excluding carboxylic acids is 1. The number of ether oxygens (including phenoxy) is 2. The number of nitrogens with one attached hydrogen (secondary N) is 1. The molecule has 1 heterocycles. The van der Waals surface area contributed by atoms with Crippen molar-refractivity contribution in [1.82, 2.24) is 4.98 Å². The summed E-state index contributed by atoms with van der Waals surface area (Å²) in [6.45, 7) is 3.41. The Bertz CT molecular complexity index is 955. The first-order valence-electron chi connectivity index (χ1n) is 7.85. The minimum Gasteiger partial charge on any atom is -0.506 e. The lowest BCUT2D eigenvalue weighted by Crippen LogP contribution is -2.15. The van der Waals surface area contributed by atoms with E-state index in [1.165, 1.54) is 37.4 Å². The van der Waals surface area contributed by atoms with E-state index in [9.17, 15) is 18.3 Å². The molecule has 0 bridgehead atoms. The number of phenols is 1. The third-order valence-electron chi connectivity index (χ3n) is 3.21. The van der Waals surface area contributed by atoms with E-state index in [0.29, 0.717) is 11.5 Å². The highest BCUT2D eigenvalue weighted by atomic mass is 32.2. The molecule has 9 nitrogen and oxygen atoms in total. The molecule has 1 aromatic carbocycles. The summed E-state index contributed by atoms with van der Waals surface area (Å²) >= 11 is 0. The monoisotopic (exact) mass is 393 g/mol. The number of hydrazone groups is 1. The van der Waals surface area contributed by atoms with Gasteiger partial charge >= 0.3 is 5.97 Å². The summed E-state index contributed by atoms with van der Waals surface area (Å²) in [4.78, 5) is 15.3. The Labute approximate surface area is 156 Å². The first-order valence-corrected chi connectivity index (χ1v) is 9.74. The highest BCUT2D eigenvalue weighted by Gasteiger charge is 2.10. The predicted molar refractivity (Wildman–Crippen MR) is 98.9 cm³/mol. The Kier molecular flexibility index (Phi) is 6.35. The van der Waals surface area contributed by atoms with Crippen molar-refractivity contribution < 1.29 is 27.8 Å². The summed E-state index contributed by atoms with van der Waals surface area (Å²) in [5.41, 5.74) is 2.94. The number of carbonyl (C=O) groups is 1. The Morgan fingerprint density at radius 3 is 2.52 bits per heavy atom. The second-order valence-electron chi connectivity index (χ2n) is 5.41. The van der Waals surface area contributed by atoms with Crippen molar-refractivity contribution in [2.75, 3.05) is 18.3 Å². The molecule has 0 unspecified atom stereocenters. The Balaban J connectivity index is 2.08. The fourth-order valence-corrected chi connectivity index (χ4v) is 2.44. The van der Waals surface area contributed by atoms with Gasteiger partial charge in [-0.2, -0.15) is 5.10 Å². The normalized spacial score (nSPS) is 11.7. The molecule has 2 N–H and O–H groups in total. The number of anilines is 1. The molecule has 0 aliphatic carbocycles. The number of esters is 1. The molecule has 10 heteroatoms. The standard InChI is InChI=1S/C17H19N3O6S/c1-4-25-17(22)11(2)19-20-14-7-5-12(9-15(14)21)26-13-6-8-16(18-10-13)27(3,23)24/h5-10,20-21H,4H2,1-3H3/b19-11-. The lowest BCUT2D eigenvalue weighted by molar-refractivity contribution is -0.135. The van der Waals surface area contributed by atoms with E-state index in [0.717, 1.165) is 6.26 Å². The number of rotatable bonds is 7. The van der Waals surface area contributed by atoms with Gasteiger partial charge in [-0.05, 0) is 38.1 Å². The number of sulfone groups is 1. The van der Waals surface area contributed by atoms with Gasteiger partial charge in [0.1, 0.15) is 23.0 Å². The fraction of sp³-hybridized carbons (Fsp3) is 0.235. The first-order chi connectivity index (χ1) is 12.7. The van der Waals surface area contributed by atoms with Crippen LogP contribution in [0.5, 0.6) is 17.2 Å². The minimum absolute atomic E-state index is 0.0629. The number of hydrogen-bond donors (Lipinski definition) is 2. The average molecular weight is 393 g/mol. The SMILES string of the molecule is CCOC(=O)/C(C)=N\Nc1ccc(Oc2ccc(S(C)(=O)=O)nc2)cc1O. The van der Waals surface area contributed by atoms with Crippen LogP contribution in [0.3, 0.4) is 0 Å². The molecular formula is C17H19N3O6S. The smallest absolute Gasteiger partial charge is 0.354 e. The molecule has 0 fully saturated rings. The molecule has 27 heavy (non-hydrogen) atoms. The first kappa shape index (κ1) is 20.2. The van der Waals surface area contributed by atoms with Crippen LogP contribution in [-0.4, -0.2) is 43.1 Å². The molecule has 0 aliphatic heterocycles. The van der Waals surface area contributed by atoms with Crippen LogP contribution in [0.15, 0.2) is 46.7 Å². The summed E-state index contributed by atoms with van der Waals surface area (Å²) in [6, 6.07) is 7.18. The highest BCUT2D eigenvalue weighted by Crippen LogP contribution is 2.30. The highest BCUT2D eigenvalue weighted by molar-refractivity contribution is 7.90. The van der Waals surface area contributed by atoms with E-state index in [4.69, 9.17) is 9.47 Å². The topological polar surface area (TPSA) is 127 Å².